The van der Waals surface area contributed by atoms with Gasteiger partial charge in [0.05, 0.1) is 6.61 Å². The van der Waals surface area contributed by atoms with Crippen molar-refractivity contribution >= 4 is 27.7 Å². The minimum Gasteiger partial charge on any atom is -0.450 e. The van der Waals surface area contributed by atoms with Gasteiger partial charge < -0.3 is 14.5 Å². The highest BCUT2D eigenvalue weighted by atomic mass is 79.9. The van der Waals surface area contributed by atoms with Gasteiger partial charge in [0.25, 0.3) is 0 Å². The predicted octanol–water partition coefficient (Wildman–Crippen LogP) is 2.73. The first kappa shape index (κ1) is 13.2. The average Bonchev–Trinajstić information content (AvgIpc) is 2.39. The number of hydrogen-bond donors (Lipinski definition) is 0. The van der Waals surface area contributed by atoms with Gasteiger partial charge in [0, 0.05) is 36.3 Å². The quantitative estimate of drug-likeness (QED) is 0.842. The largest absolute Gasteiger partial charge is 0.450 e. The topological polar surface area (TPSA) is 32.8 Å². The van der Waals surface area contributed by atoms with Crippen LogP contribution in [0.1, 0.15) is 6.92 Å². The summed E-state index contributed by atoms with van der Waals surface area (Å²) in [5.41, 5.74) is 1.19. The zero-order valence-electron chi connectivity index (χ0n) is 10.4. The number of ether oxygens (including phenoxy) is 1. The first-order valence-electron chi connectivity index (χ1n) is 6.13. The molecule has 1 aromatic carbocycles. The molecule has 4 nitrogen and oxygen atoms in total. The second-order valence-corrected chi connectivity index (χ2v) is 5.07. The maximum atomic E-state index is 11.6. The molecule has 18 heavy (non-hydrogen) atoms. The summed E-state index contributed by atoms with van der Waals surface area (Å²) in [4.78, 5) is 15.6. The van der Waals surface area contributed by atoms with Crippen molar-refractivity contribution in [2.75, 3.05) is 37.7 Å². The summed E-state index contributed by atoms with van der Waals surface area (Å²) in [7, 11) is 0. The Bertz CT molecular complexity index is 417. The molecule has 1 aliphatic heterocycles. The van der Waals surface area contributed by atoms with Gasteiger partial charge in [-0.15, -0.1) is 0 Å². The number of rotatable bonds is 2. The molecule has 0 aromatic heterocycles. The Morgan fingerprint density at radius 1 is 1.33 bits per heavy atom. The average molecular weight is 313 g/mol. The molecule has 1 aromatic rings. The van der Waals surface area contributed by atoms with E-state index in [1.54, 1.807) is 4.90 Å². The molecule has 0 saturated carbocycles. The summed E-state index contributed by atoms with van der Waals surface area (Å²) in [5.74, 6) is 0. The Morgan fingerprint density at radius 3 is 2.67 bits per heavy atom. The van der Waals surface area contributed by atoms with Crippen LogP contribution in [0.25, 0.3) is 0 Å². The molecular formula is C13H17BrN2O2. The van der Waals surface area contributed by atoms with Crippen LogP contribution < -0.4 is 4.90 Å². The van der Waals surface area contributed by atoms with Gasteiger partial charge in [0.15, 0.2) is 0 Å². The lowest BCUT2D eigenvalue weighted by molar-refractivity contribution is 0.105. The molecule has 0 aliphatic carbocycles. The monoisotopic (exact) mass is 312 g/mol. The Labute approximate surface area is 116 Å². The number of carbonyl (C=O) groups is 1. The van der Waals surface area contributed by atoms with Crippen LogP contribution in [0.3, 0.4) is 0 Å². The normalized spacial score (nSPS) is 15.7. The van der Waals surface area contributed by atoms with E-state index in [-0.39, 0.29) is 6.09 Å². The maximum absolute atomic E-state index is 11.6. The Hall–Kier alpha value is -1.23. The van der Waals surface area contributed by atoms with Gasteiger partial charge in [-0.25, -0.2) is 4.79 Å². The van der Waals surface area contributed by atoms with Crippen molar-refractivity contribution in [1.29, 1.82) is 0 Å². The van der Waals surface area contributed by atoms with Crippen LogP contribution in [0, 0.1) is 0 Å². The molecule has 0 spiro atoms. The van der Waals surface area contributed by atoms with Gasteiger partial charge in [0.2, 0.25) is 0 Å². The van der Waals surface area contributed by atoms with Gasteiger partial charge in [-0.2, -0.15) is 0 Å². The molecule has 1 amide bonds. The maximum Gasteiger partial charge on any atom is 0.409 e. The van der Waals surface area contributed by atoms with Crippen LogP contribution in [-0.4, -0.2) is 43.8 Å². The van der Waals surface area contributed by atoms with Gasteiger partial charge in [-0.3, -0.25) is 0 Å². The van der Waals surface area contributed by atoms with Crippen molar-refractivity contribution in [2.24, 2.45) is 0 Å². The number of piperazine rings is 1. The van der Waals surface area contributed by atoms with Crippen LogP contribution >= 0.6 is 15.9 Å². The standard InChI is InChI=1S/C13H17BrN2O2/c1-2-18-13(17)16-8-6-15(7-9-16)12-5-3-4-11(14)10-12/h3-5,10H,2,6-9H2,1H3. The van der Waals surface area contributed by atoms with E-state index in [1.807, 2.05) is 19.1 Å². The highest BCUT2D eigenvalue weighted by Gasteiger charge is 2.21. The molecule has 1 heterocycles. The molecule has 1 saturated heterocycles. The summed E-state index contributed by atoms with van der Waals surface area (Å²) in [6, 6.07) is 8.22. The Kier molecular flexibility index (Phi) is 4.47. The van der Waals surface area contributed by atoms with Crippen LogP contribution in [0.2, 0.25) is 0 Å². The molecule has 0 N–H and O–H groups in total. The molecule has 5 heteroatoms. The third-order valence-electron chi connectivity index (χ3n) is 2.98. The van der Waals surface area contributed by atoms with Crippen molar-refractivity contribution in [3.63, 3.8) is 0 Å². The number of amides is 1. The number of nitrogens with zero attached hydrogens (tertiary/aromatic N) is 2. The Morgan fingerprint density at radius 2 is 2.06 bits per heavy atom. The summed E-state index contributed by atoms with van der Waals surface area (Å²) in [6.45, 7) is 5.38. The molecule has 2 rings (SSSR count). The first-order valence-corrected chi connectivity index (χ1v) is 6.92. The van der Waals surface area contributed by atoms with Crippen molar-refractivity contribution in [3.05, 3.63) is 28.7 Å². The van der Waals surface area contributed by atoms with Crippen LogP contribution in [0.5, 0.6) is 0 Å². The third kappa shape index (κ3) is 3.16. The van der Waals surface area contributed by atoms with E-state index in [0.29, 0.717) is 19.7 Å². The zero-order chi connectivity index (χ0) is 13.0. The van der Waals surface area contributed by atoms with E-state index in [9.17, 15) is 4.79 Å². The molecule has 98 valence electrons. The minimum atomic E-state index is -0.202. The fourth-order valence-corrected chi connectivity index (χ4v) is 2.42. The van der Waals surface area contributed by atoms with Gasteiger partial charge in [0.1, 0.15) is 0 Å². The molecule has 1 aliphatic rings. The molecule has 0 atom stereocenters. The molecule has 0 unspecified atom stereocenters. The van der Waals surface area contributed by atoms with Crippen LogP contribution in [0.15, 0.2) is 28.7 Å². The number of hydrogen-bond acceptors (Lipinski definition) is 3. The van der Waals surface area contributed by atoms with E-state index >= 15 is 0 Å². The zero-order valence-corrected chi connectivity index (χ0v) is 12.0. The van der Waals surface area contributed by atoms with Crippen LogP contribution in [0.4, 0.5) is 10.5 Å². The lowest BCUT2D eigenvalue weighted by atomic mass is 10.2. The summed E-state index contributed by atoms with van der Waals surface area (Å²) < 4.78 is 6.08. The number of halogens is 1. The SMILES string of the molecule is CCOC(=O)N1CCN(c2cccc(Br)c2)CC1. The fourth-order valence-electron chi connectivity index (χ4n) is 2.03. The van der Waals surface area contributed by atoms with Crippen LogP contribution in [-0.2, 0) is 4.74 Å². The van der Waals surface area contributed by atoms with E-state index in [1.165, 1.54) is 5.69 Å². The second kappa shape index (κ2) is 6.09. The smallest absolute Gasteiger partial charge is 0.409 e. The van der Waals surface area contributed by atoms with Gasteiger partial charge >= 0.3 is 6.09 Å². The molecule has 0 bridgehead atoms. The molecule has 1 fully saturated rings. The number of anilines is 1. The summed E-state index contributed by atoms with van der Waals surface area (Å²) >= 11 is 3.47. The summed E-state index contributed by atoms with van der Waals surface area (Å²) in [5, 5.41) is 0. The lowest BCUT2D eigenvalue weighted by Crippen LogP contribution is -2.49. The Balaban J connectivity index is 1.92. The van der Waals surface area contributed by atoms with E-state index < -0.39 is 0 Å². The van der Waals surface area contributed by atoms with E-state index in [2.05, 4.69) is 33.0 Å². The third-order valence-corrected chi connectivity index (χ3v) is 3.47. The number of carbonyl (C=O) groups excluding carboxylic acids is 1. The van der Waals surface area contributed by atoms with E-state index in [0.717, 1.165) is 17.6 Å². The van der Waals surface area contributed by atoms with Crippen molar-refractivity contribution in [2.45, 2.75) is 6.92 Å². The van der Waals surface area contributed by atoms with Crippen molar-refractivity contribution in [1.82, 2.24) is 4.90 Å². The number of benzene rings is 1. The van der Waals surface area contributed by atoms with Crippen molar-refractivity contribution < 1.29 is 9.53 Å². The first-order chi connectivity index (χ1) is 8.70. The summed E-state index contributed by atoms with van der Waals surface area (Å²) in [6.07, 6.45) is -0.202. The van der Waals surface area contributed by atoms with Gasteiger partial charge in [-0.1, -0.05) is 22.0 Å². The van der Waals surface area contributed by atoms with Crippen molar-refractivity contribution in [3.8, 4) is 0 Å². The van der Waals surface area contributed by atoms with Gasteiger partial charge in [-0.05, 0) is 25.1 Å². The lowest BCUT2D eigenvalue weighted by Gasteiger charge is -2.35. The minimum absolute atomic E-state index is 0.202. The highest BCUT2D eigenvalue weighted by molar-refractivity contribution is 9.10. The molecule has 0 radical (unpaired) electrons. The van der Waals surface area contributed by atoms with E-state index in [4.69, 9.17) is 4.74 Å². The fraction of sp³-hybridized carbons (Fsp3) is 0.462. The molecular weight excluding hydrogens is 296 g/mol. The second-order valence-electron chi connectivity index (χ2n) is 4.15. The highest BCUT2D eigenvalue weighted by Crippen LogP contribution is 2.21. The predicted molar refractivity (Wildman–Crippen MR) is 75.0 cm³/mol.